The topological polar surface area (TPSA) is 57.8 Å². The van der Waals surface area contributed by atoms with E-state index in [1.807, 2.05) is 6.92 Å². The highest BCUT2D eigenvalue weighted by atomic mass is 16.1. The van der Waals surface area contributed by atoms with Crippen LogP contribution in [0.1, 0.15) is 38.4 Å². The number of aryl methyl sites for hydroxylation is 1. The molecule has 4 nitrogen and oxygen atoms in total. The fourth-order valence-corrected chi connectivity index (χ4v) is 1.78. The molecule has 0 radical (unpaired) electrons. The Hall–Kier alpha value is -1.32. The third-order valence-electron chi connectivity index (χ3n) is 2.92. The first-order chi connectivity index (χ1) is 7.78. The van der Waals surface area contributed by atoms with E-state index in [0.717, 1.165) is 24.7 Å². The monoisotopic (exact) mass is 221 g/mol. The summed E-state index contributed by atoms with van der Waals surface area (Å²) >= 11 is 0. The molecule has 0 aromatic carbocycles. The van der Waals surface area contributed by atoms with E-state index in [9.17, 15) is 4.79 Å². The summed E-state index contributed by atoms with van der Waals surface area (Å²) in [7, 11) is 0. The van der Waals surface area contributed by atoms with Gasteiger partial charge < -0.3 is 10.3 Å². The molecule has 88 valence electrons. The number of H-pyrrole nitrogens is 1. The number of nitrogens with one attached hydrogen (secondary N) is 2. The van der Waals surface area contributed by atoms with E-state index in [-0.39, 0.29) is 5.56 Å². The zero-order chi connectivity index (χ0) is 11.4. The molecule has 0 unspecified atom stereocenters. The van der Waals surface area contributed by atoms with E-state index >= 15 is 0 Å². The van der Waals surface area contributed by atoms with Gasteiger partial charge in [-0.05, 0) is 18.8 Å². The van der Waals surface area contributed by atoms with E-state index in [1.54, 1.807) is 0 Å². The van der Waals surface area contributed by atoms with Crippen molar-refractivity contribution in [2.45, 2.75) is 39.0 Å². The second-order valence-corrected chi connectivity index (χ2v) is 4.44. The molecular weight excluding hydrogens is 202 g/mol. The predicted molar refractivity (Wildman–Crippen MR) is 64.7 cm³/mol. The van der Waals surface area contributed by atoms with Crippen LogP contribution in [0.15, 0.2) is 10.9 Å². The second-order valence-electron chi connectivity index (χ2n) is 4.44. The molecule has 0 saturated heterocycles. The van der Waals surface area contributed by atoms with Gasteiger partial charge in [0.2, 0.25) is 0 Å². The fraction of sp³-hybridized carbons (Fsp3) is 0.667. The maximum absolute atomic E-state index is 11.3. The summed E-state index contributed by atoms with van der Waals surface area (Å²) in [5.74, 6) is 2.42. The number of hydrogen-bond acceptors (Lipinski definition) is 3. The average Bonchev–Trinajstić information content (AvgIpc) is 3.07. The number of hydrogen-bond donors (Lipinski definition) is 2. The summed E-state index contributed by atoms with van der Waals surface area (Å²) in [5, 5.41) is 3.21. The van der Waals surface area contributed by atoms with Crippen LogP contribution in [-0.4, -0.2) is 16.5 Å². The minimum absolute atomic E-state index is 0.0726. The lowest BCUT2D eigenvalue weighted by Crippen LogP contribution is -2.13. The van der Waals surface area contributed by atoms with Gasteiger partial charge in [0.15, 0.2) is 0 Å². The first-order valence-corrected chi connectivity index (χ1v) is 6.12. The van der Waals surface area contributed by atoms with Gasteiger partial charge in [0, 0.05) is 19.0 Å². The minimum Gasteiger partial charge on any atom is -0.370 e. The summed E-state index contributed by atoms with van der Waals surface area (Å²) in [4.78, 5) is 18.3. The van der Waals surface area contributed by atoms with Crippen LogP contribution in [0.2, 0.25) is 0 Å². The van der Waals surface area contributed by atoms with E-state index in [1.165, 1.54) is 31.7 Å². The summed E-state index contributed by atoms with van der Waals surface area (Å²) in [6, 6.07) is 1.52. The summed E-state index contributed by atoms with van der Waals surface area (Å²) in [6.07, 6.45) is 6.04. The number of anilines is 1. The molecule has 1 aliphatic carbocycles. The van der Waals surface area contributed by atoms with Crippen LogP contribution >= 0.6 is 0 Å². The van der Waals surface area contributed by atoms with Gasteiger partial charge in [0.05, 0.1) is 0 Å². The van der Waals surface area contributed by atoms with Gasteiger partial charge in [0.1, 0.15) is 11.6 Å². The van der Waals surface area contributed by atoms with E-state index < -0.39 is 0 Å². The third kappa shape index (κ3) is 3.36. The van der Waals surface area contributed by atoms with Crippen molar-refractivity contribution in [1.82, 2.24) is 9.97 Å². The maximum atomic E-state index is 11.3. The zero-order valence-corrected chi connectivity index (χ0v) is 9.75. The highest BCUT2D eigenvalue weighted by Gasteiger charge is 2.19. The molecule has 1 aromatic heterocycles. The van der Waals surface area contributed by atoms with Crippen molar-refractivity contribution in [1.29, 1.82) is 0 Å². The highest BCUT2D eigenvalue weighted by molar-refractivity contribution is 5.32. The standard InChI is InChI=1S/C12H19N3O/c1-2-10-14-11(8-12(16)15-10)13-7-3-4-9-5-6-9/h8-9H,2-7H2,1H3,(H2,13,14,15,16). The molecule has 4 heteroatoms. The second kappa shape index (κ2) is 5.14. The largest absolute Gasteiger partial charge is 0.370 e. The molecule has 2 rings (SSSR count). The quantitative estimate of drug-likeness (QED) is 0.722. The highest BCUT2D eigenvalue weighted by Crippen LogP contribution is 2.33. The molecule has 0 spiro atoms. The van der Waals surface area contributed by atoms with Crippen LogP contribution in [-0.2, 0) is 6.42 Å². The van der Waals surface area contributed by atoms with Crippen LogP contribution in [0.5, 0.6) is 0 Å². The molecule has 0 bridgehead atoms. The zero-order valence-electron chi connectivity index (χ0n) is 9.75. The van der Waals surface area contributed by atoms with Crippen molar-refractivity contribution in [3.63, 3.8) is 0 Å². The normalized spacial score (nSPS) is 15.1. The lowest BCUT2D eigenvalue weighted by Gasteiger charge is -2.05. The van der Waals surface area contributed by atoms with Crippen LogP contribution in [0.4, 0.5) is 5.82 Å². The summed E-state index contributed by atoms with van der Waals surface area (Å²) in [6.45, 7) is 2.89. The van der Waals surface area contributed by atoms with Crippen molar-refractivity contribution >= 4 is 5.82 Å². The van der Waals surface area contributed by atoms with Crippen LogP contribution in [0.3, 0.4) is 0 Å². The van der Waals surface area contributed by atoms with Gasteiger partial charge in [-0.15, -0.1) is 0 Å². The van der Waals surface area contributed by atoms with E-state index in [0.29, 0.717) is 5.82 Å². The van der Waals surface area contributed by atoms with Crippen molar-refractivity contribution in [3.8, 4) is 0 Å². The smallest absolute Gasteiger partial charge is 0.252 e. The van der Waals surface area contributed by atoms with Gasteiger partial charge in [-0.3, -0.25) is 4.79 Å². The van der Waals surface area contributed by atoms with E-state index in [2.05, 4.69) is 15.3 Å². The SMILES string of the molecule is CCc1nc(NCCCC2CC2)cc(=O)[nH]1. The number of nitrogens with zero attached hydrogens (tertiary/aromatic N) is 1. The average molecular weight is 221 g/mol. The molecule has 16 heavy (non-hydrogen) atoms. The molecule has 0 amide bonds. The maximum Gasteiger partial charge on any atom is 0.252 e. The lowest BCUT2D eigenvalue weighted by molar-refractivity contribution is 0.686. The Morgan fingerprint density at radius 1 is 1.56 bits per heavy atom. The number of aromatic nitrogens is 2. The van der Waals surface area contributed by atoms with Crippen molar-refractivity contribution in [2.24, 2.45) is 5.92 Å². The lowest BCUT2D eigenvalue weighted by atomic mass is 10.2. The molecule has 1 aromatic rings. The van der Waals surface area contributed by atoms with Crippen molar-refractivity contribution in [2.75, 3.05) is 11.9 Å². The van der Waals surface area contributed by atoms with Gasteiger partial charge >= 0.3 is 0 Å². The predicted octanol–water partition coefficient (Wildman–Crippen LogP) is 1.93. The van der Waals surface area contributed by atoms with Gasteiger partial charge in [-0.1, -0.05) is 19.8 Å². The Bertz CT molecular complexity index is 395. The minimum atomic E-state index is -0.0726. The molecule has 1 fully saturated rings. The Kier molecular flexibility index (Phi) is 3.59. The molecule has 1 heterocycles. The van der Waals surface area contributed by atoms with Crippen LogP contribution < -0.4 is 10.9 Å². The molecule has 1 aliphatic rings. The van der Waals surface area contributed by atoms with E-state index in [4.69, 9.17) is 0 Å². The first-order valence-electron chi connectivity index (χ1n) is 6.12. The summed E-state index contributed by atoms with van der Waals surface area (Å²) < 4.78 is 0. The molecule has 2 N–H and O–H groups in total. The molecular formula is C12H19N3O. The van der Waals surface area contributed by atoms with Crippen LogP contribution in [0, 0.1) is 5.92 Å². The van der Waals surface area contributed by atoms with Gasteiger partial charge in [0.25, 0.3) is 5.56 Å². The Balaban J connectivity index is 1.82. The molecule has 0 atom stereocenters. The Morgan fingerprint density at radius 3 is 3.06 bits per heavy atom. The first kappa shape index (κ1) is 11.2. The fourth-order valence-electron chi connectivity index (χ4n) is 1.78. The van der Waals surface area contributed by atoms with Crippen LogP contribution in [0.25, 0.3) is 0 Å². The Labute approximate surface area is 95.5 Å². The molecule has 1 saturated carbocycles. The van der Waals surface area contributed by atoms with Crippen molar-refractivity contribution in [3.05, 3.63) is 22.2 Å². The molecule has 0 aliphatic heterocycles. The van der Waals surface area contributed by atoms with Crippen molar-refractivity contribution < 1.29 is 0 Å². The third-order valence-corrected chi connectivity index (χ3v) is 2.92. The number of aromatic amines is 1. The summed E-state index contributed by atoms with van der Waals surface area (Å²) in [5.41, 5.74) is -0.0726. The van der Waals surface area contributed by atoms with Gasteiger partial charge in [-0.2, -0.15) is 0 Å². The Morgan fingerprint density at radius 2 is 2.38 bits per heavy atom. The van der Waals surface area contributed by atoms with Gasteiger partial charge in [-0.25, -0.2) is 4.98 Å². The number of rotatable bonds is 6.